The van der Waals surface area contributed by atoms with Crippen molar-refractivity contribution >= 4 is 0 Å². The molecular weight excluding hydrogens is 176 g/mol. The highest BCUT2D eigenvalue weighted by molar-refractivity contribution is 4.90. The van der Waals surface area contributed by atoms with Gasteiger partial charge in [-0.1, -0.05) is 34.6 Å². The second kappa shape index (κ2) is 7.24. The van der Waals surface area contributed by atoms with Crippen molar-refractivity contribution in [1.29, 1.82) is 0 Å². The highest BCUT2D eigenvalue weighted by Gasteiger charge is 2.24. The monoisotopic (exact) mass is 201 g/mol. The van der Waals surface area contributed by atoms with Gasteiger partial charge in [-0.25, -0.2) is 0 Å². The van der Waals surface area contributed by atoms with Gasteiger partial charge in [-0.2, -0.15) is 0 Å². The van der Waals surface area contributed by atoms with Crippen LogP contribution in [0.3, 0.4) is 0 Å². The Labute approximate surface area is 88.7 Å². The molecule has 0 saturated heterocycles. The smallest absolute Gasteiger partial charge is 0.126 e. The molecule has 2 heteroatoms. The summed E-state index contributed by atoms with van der Waals surface area (Å²) in [5.41, 5.74) is 0. The van der Waals surface area contributed by atoms with Crippen molar-refractivity contribution in [2.45, 2.75) is 53.6 Å². The van der Waals surface area contributed by atoms with Crippen LogP contribution in [0.25, 0.3) is 0 Å². The predicted molar refractivity (Wildman–Crippen MR) is 59.8 cm³/mol. The third kappa shape index (κ3) is 5.61. The van der Waals surface area contributed by atoms with Crippen molar-refractivity contribution in [1.82, 2.24) is 0 Å². The highest BCUT2D eigenvalue weighted by Crippen LogP contribution is 2.24. The first-order valence-electron chi connectivity index (χ1n) is 5.65. The number of hydrogen-bond acceptors (Lipinski definition) is 2. The van der Waals surface area contributed by atoms with E-state index >= 15 is 0 Å². The molecule has 0 aliphatic heterocycles. The summed E-state index contributed by atoms with van der Waals surface area (Å²) in [6.45, 7) is 11.1. The van der Waals surface area contributed by atoms with Crippen LogP contribution in [0.5, 0.6) is 0 Å². The highest BCUT2D eigenvalue weighted by atomic mass is 16.5. The number of aliphatic hydroxyl groups excluding tert-OH is 1. The summed E-state index contributed by atoms with van der Waals surface area (Å²) in [6.07, 6.45) is 2.30. The molecule has 0 aromatic rings. The Kier molecular flexibility index (Phi) is 7.20. The van der Waals surface area contributed by atoms with Crippen LogP contribution in [0.2, 0.25) is 0 Å². The van der Waals surface area contributed by atoms with Gasteiger partial charge < -0.3 is 9.84 Å². The average molecular weight is 201 g/mol. The van der Waals surface area contributed by atoms with E-state index in [1.165, 1.54) is 0 Å². The molecule has 0 heterocycles. The fourth-order valence-electron chi connectivity index (χ4n) is 1.27. The minimum Gasteiger partial charge on any atom is -0.390 e. The molecule has 0 aliphatic rings. The Hall–Kier alpha value is -0.0800. The lowest BCUT2D eigenvalue weighted by molar-refractivity contribution is 0.00830. The van der Waals surface area contributed by atoms with Gasteiger partial charge in [-0.15, -0.1) is 0 Å². The summed E-state index contributed by atoms with van der Waals surface area (Å²) in [5, 5.41) is 9.90. The van der Waals surface area contributed by atoms with E-state index in [0.29, 0.717) is 12.5 Å². The largest absolute Gasteiger partial charge is 0.390 e. The maximum absolute atomic E-state index is 9.90. The van der Waals surface area contributed by atoms with E-state index in [0.717, 1.165) is 18.9 Å². The molecule has 0 rings (SSSR count). The SMILES string of the molecule is CCCO[C](CC(C)C)C(O)C(C)C. The van der Waals surface area contributed by atoms with Gasteiger partial charge in [0, 0.05) is 6.61 Å². The maximum Gasteiger partial charge on any atom is 0.126 e. The standard InChI is InChI=1S/C12H25O2/c1-6-7-14-11(8-9(2)3)12(13)10(4)5/h9-10,12-13H,6-8H2,1-5H3. The topological polar surface area (TPSA) is 29.5 Å². The van der Waals surface area contributed by atoms with E-state index in [1.54, 1.807) is 0 Å². The van der Waals surface area contributed by atoms with E-state index in [4.69, 9.17) is 4.74 Å². The predicted octanol–water partition coefficient (Wildman–Crippen LogP) is 3.01. The quantitative estimate of drug-likeness (QED) is 0.686. The lowest BCUT2D eigenvalue weighted by atomic mass is 9.95. The third-order valence-electron chi connectivity index (χ3n) is 2.06. The van der Waals surface area contributed by atoms with Gasteiger partial charge in [0.2, 0.25) is 0 Å². The molecule has 1 N–H and O–H groups in total. The molecule has 0 spiro atoms. The van der Waals surface area contributed by atoms with Gasteiger partial charge in [-0.3, -0.25) is 0 Å². The maximum atomic E-state index is 9.90. The molecule has 14 heavy (non-hydrogen) atoms. The Morgan fingerprint density at radius 3 is 2.14 bits per heavy atom. The average Bonchev–Trinajstić information content (AvgIpc) is 2.10. The molecule has 0 aliphatic carbocycles. The second-order valence-electron chi connectivity index (χ2n) is 4.60. The van der Waals surface area contributed by atoms with Gasteiger partial charge >= 0.3 is 0 Å². The van der Waals surface area contributed by atoms with Gasteiger partial charge in [-0.05, 0) is 24.7 Å². The van der Waals surface area contributed by atoms with E-state index in [1.807, 2.05) is 13.8 Å². The van der Waals surface area contributed by atoms with Crippen LogP contribution in [0.4, 0.5) is 0 Å². The van der Waals surface area contributed by atoms with Crippen LogP contribution in [0, 0.1) is 17.9 Å². The molecule has 0 saturated carbocycles. The van der Waals surface area contributed by atoms with Gasteiger partial charge in [0.15, 0.2) is 0 Å². The summed E-state index contributed by atoms with van der Waals surface area (Å²) >= 11 is 0. The van der Waals surface area contributed by atoms with Crippen molar-refractivity contribution < 1.29 is 9.84 Å². The molecule has 1 radical (unpaired) electrons. The van der Waals surface area contributed by atoms with Crippen molar-refractivity contribution in [2.75, 3.05) is 6.61 Å². The molecular formula is C12H25O2. The molecule has 0 aromatic carbocycles. The zero-order valence-corrected chi connectivity index (χ0v) is 10.2. The van der Waals surface area contributed by atoms with Gasteiger partial charge in [0.1, 0.15) is 6.10 Å². The minimum absolute atomic E-state index is 0.237. The Morgan fingerprint density at radius 2 is 1.79 bits per heavy atom. The van der Waals surface area contributed by atoms with Crippen molar-refractivity contribution in [3.8, 4) is 0 Å². The second-order valence-corrected chi connectivity index (χ2v) is 4.60. The van der Waals surface area contributed by atoms with E-state index in [9.17, 15) is 5.11 Å². The van der Waals surface area contributed by atoms with Crippen LogP contribution in [-0.4, -0.2) is 17.8 Å². The van der Waals surface area contributed by atoms with Crippen molar-refractivity contribution in [3.63, 3.8) is 0 Å². The first kappa shape index (κ1) is 13.9. The fourth-order valence-corrected chi connectivity index (χ4v) is 1.27. The molecule has 0 aromatic heterocycles. The van der Waals surface area contributed by atoms with Crippen LogP contribution in [-0.2, 0) is 4.74 Å². The Balaban J connectivity index is 4.08. The fraction of sp³-hybridized carbons (Fsp3) is 0.917. The van der Waals surface area contributed by atoms with Crippen LogP contribution in [0.15, 0.2) is 0 Å². The zero-order valence-electron chi connectivity index (χ0n) is 10.2. The Morgan fingerprint density at radius 1 is 1.21 bits per heavy atom. The molecule has 0 bridgehead atoms. The molecule has 0 amide bonds. The lowest BCUT2D eigenvalue weighted by Gasteiger charge is -2.26. The summed E-state index contributed by atoms with van der Waals surface area (Å²) in [4.78, 5) is 0. The number of rotatable bonds is 7. The lowest BCUT2D eigenvalue weighted by Crippen LogP contribution is -2.27. The van der Waals surface area contributed by atoms with E-state index in [-0.39, 0.29) is 5.92 Å². The summed E-state index contributed by atoms with van der Waals surface area (Å²) in [5.74, 6) is 0.774. The minimum atomic E-state index is -0.413. The van der Waals surface area contributed by atoms with Gasteiger partial charge in [0.25, 0.3) is 0 Å². The van der Waals surface area contributed by atoms with Crippen LogP contribution < -0.4 is 0 Å². The number of aliphatic hydroxyl groups is 1. The van der Waals surface area contributed by atoms with E-state index in [2.05, 4.69) is 20.8 Å². The van der Waals surface area contributed by atoms with Crippen molar-refractivity contribution in [2.24, 2.45) is 11.8 Å². The summed E-state index contributed by atoms with van der Waals surface area (Å²) in [7, 11) is 0. The Bertz CT molecular complexity index is 132. The number of hydrogen-bond donors (Lipinski definition) is 1. The third-order valence-corrected chi connectivity index (χ3v) is 2.06. The van der Waals surface area contributed by atoms with Gasteiger partial charge in [0.05, 0.1) is 6.10 Å². The first-order chi connectivity index (χ1) is 6.49. The zero-order chi connectivity index (χ0) is 11.1. The van der Waals surface area contributed by atoms with Crippen LogP contribution >= 0.6 is 0 Å². The van der Waals surface area contributed by atoms with E-state index < -0.39 is 6.10 Å². The first-order valence-corrected chi connectivity index (χ1v) is 5.65. The summed E-state index contributed by atoms with van der Waals surface area (Å²) in [6, 6.07) is 0. The molecule has 85 valence electrons. The normalized spacial score (nSPS) is 14.4. The number of ether oxygens (including phenoxy) is 1. The molecule has 1 atom stereocenters. The summed E-state index contributed by atoms with van der Waals surface area (Å²) < 4.78 is 5.59. The van der Waals surface area contributed by atoms with Crippen LogP contribution in [0.1, 0.15) is 47.5 Å². The molecule has 1 unspecified atom stereocenters. The molecule has 0 fully saturated rings. The molecule has 2 nitrogen and oxygen atoms in total. The van der Waals surface area contributed by atoms with Crippen molar-refractivity contribution in [3.05, 3.63) is 6.10 Å².